The number of fused-ring (bicyclic) bond motifs is 1. The van der Waals surface area contributed by atoms with Gasteiger partial charge in [-0.1, -0.05) is 20.8 Å². The van der Waals surface area contributed by atoms with Gasteiger partial charge >= 0.3 is 5.97 Å². The highest BCUT2D eigenvalue weighted by molar-refractivity contribution is 5.77. The lowest BCUT2D eigenvalue weighted by atomic mass is 9.97. The Bertz CT molecular complexity index is 390. The largest absolute Gasteiger partial charge is 0.481 e. The summed E-state index contributed by atoms with van der Waals surface area (Å²) >= 11 is 0. The summed E-state index contributed by atoms with van der Waals surface area (Å²) < 4.78 is 5.65. The molecule has 2 atom stereocenters. The fraction of sp³-hybridized carbons (Fsp3) is 0.583. The average Bonchev–Trinajstić information content (AvgIpc) is 2.58. The van der Waals surface area contributed by atoms with Crippen LogP contribution in [0.5, 0.6) is 0 Å². The Kier molecular flexibility index (Phi) is 2.33. The van der Waals surface area contributed by atoms with Crippen LogP contribution in [0.15, 0.2) is 10.5 Å². The molecule has 1 heterocycles. The molecule has 0 radical (unpaired) electrons. The third-order valence-electron chi connectivity index (χ3n) is 3.09. The third kappa shape index (κ3) is 1.56. The molecule has 2 unspecified atom stereocenters. The van der Waals surface area contributed by atoms with Crippen LogP contribution in [0.4, 0.5) is 0 Å². The molecule has 0 saturated heterocycles. The Morgan fingerprint density at radius 2 is 2.27 bits per heavy atom. The fourth-order valence-corrected chi connectivity index (χ4v) is 2.25. The van der Waals surface area contributed by atoms with Crippen LogP contribution in [0.2, 0.25) is 0 Å². The lowest BCUT2D eigenvalue weighted by Crippen LogP contribution is -2.14. The van der Waals surface area contributed by atoms with Gasteiger partial charge in [0.25, 0.3) is 0 Å². The number of hydrogen-bond donors (Lipinski definition) is 1. The van der Waals surface area contributed by atoms with Crippen LogP contribution >= 0.6 is 0 Å². The molecule has 0 aromatic carbocycles. The van der Waals surface area contributed by atoms with E-state index in [1.807, 2.05) is 26.8 Å². The maximum Gasteiger partial charge on any atom is 0.314 e. The predicted molar refractivity (Wildman–Crippen MR) is 56.0 cm³/mol. The van der Waals surface area contributed by atoms with Gasteiger partial charge < -0.3 is 9.52 Å². The lowest BCUT2D eigenvalue weighted by Gasteiger charge is -2.10. The van der Waals surface area contributed by atoms with Gasteiger partial charge in [0.15, 0.2) is 0 Å². The standard InChI is InChI=1S/C12H16O3/c1-6(2)9-5-8-4-7(3)10(12(13)14)11(8)15-9/h5-7,10H,4H2,1-3H3,(H,13,14). The van der Waals surface area contributed by atoms with E-state index in [-0.39, 0.29) is 5.92 Å². The zero-order valence-electron chi connectivity index (χ0n) is 9.28. The Labute approximate surface area is 89.1 Å². The van der Waals surface area contributed by atoms with Crippen LogP contribution < -0.4 is 0 Å². The second-order valence-electron chi connectivity index (χ2n) is 4.69. The molecular weight excluding hydrogens is 192 g/mol. The van der Waals surface area contributed by atoms with E-state index in [4.69, 9.17) is 9.52 Å². The van der Waals surface area contributed by atoms with Crippen molar-refractivity contribution in [1.29, 1.82) is 0 Å². The Hall–Kier alpha value is -1.25. The SMILES string of the molecule is CC(C)c1cc2c(o1)C(C(=O)O)C(C)C2. The highest BCUT2D eigenvalue weighted by Gasteiger charge is 2.38. The Balaban J connectivity index is 2.39. The summed E-state index contributed by atoms with van der Waals surface area (Å²) in [5, 5.41) is 9.12. The molecule has 1 aliphatic rings. The highest BCUT2D eigenvalue weighted by Crippen LogP contribution is 2.40. The Morgan fingerprint density at radius 3 is 2.80 bits per heavy atom. The lowest BCUT2D eigenvalue weighted by molar-refractivity contribution is -0.140. The summed E-state index contributed by atoms with van der Waals surface area (Å²) in [4.78, 5) is 11.1. The van der Waals surface area contributed by atoms with Crippen LogP contribution in [0.1, 0.15) is 49.7 Å². The molecule has 0 fully saturated rings. The van der Waals surface area contributed by atoms with Crippen molar-refractivity contribution in [3.05, 3.63) is 23.2 Å². The molecule has 15 heavy (non-hydrogen) atoms. The van der Waals surface area contributed by atoms with Crippen molar-refractivity contribution in [2.75, 3.05) is 0 Å². The van der Waals surface area contributed by atoms with E-state index in [2.05, 4.69) is 0 Å². The first-order valence-corrected chi connectivity index (χ1v) is 5.36. The van der Waals surface area contributed by atoms with Gasteiger partial charge in [-0.3, -0.25) is 4.79 Å². The summed E-state index contributed by atoms with van der Waals surface area (Å²) in [6.45, 7) is 6.06. The van der Waals surface area contributed by atoms with Gasteiger partial charge in [0, 0.05) is 5.92 Å². The summed E-state index contributed by atoms with van der Waals surface area (Å²) in [7, 11) is 0. The number of carbonyl (C=O) groups is 1. The van der Waals surface area contributed by atoms with E-state index in [1.54, 1.807) is 0 Å². The molecular formula is C12H16O3. The maximum absolute atomic E-state index is 11.1. The molecule has 1 N–H and O–H groups in total. The van der Waals surface area contributed by atoms with Gasteiger partial charge in [-0.25, -0.2) is 0 Å². The van der Waals surface area contributed by atoms with Gasteiger partial charge in [0.05, 0.1) is 0 Å². The fourth-order valence-electron chi connectivity index (χ4n) is 2.25. The second-order valence-corrected chi connectivity index (χ2v) is 4.69. The molecule has 0 bridgehead atoms. The van der Waals surface area contributed by atoms with Gasteiger partial charge in [0.2, 0.25) is 0 Å². The molecule has 0 saturated carbocycles. The van der Waals surface area contributed by atoms with Crippen LogP contribution in [0.3, 0.4) is 0 Å². The number of hydrogen-bond acceptors (Lipinski definition) is 2. The molecule has 3 heteroatoms. The smallest absolute Gasteiger partial charge is 0.314 e. The van der Waals surface area contributed by atoms with Gasteiger partial charge in [-0.15, -0.1) is 0 Å². The zero-order valence-corrected chi connectivity index (χ0v) is 9.28. The first-order chi connectivity index (χ1) is 7.00. The Morgan fingerprint density at radius 1 is 1.60 bits per heavy atom. The molecule has 82 valence electrons. The number of rotatable bonds is 2. The number of aliphatic carboxylic acids is 1. The van der Waals surface area contributed by atoms with E-state index >= 15 is 0 Å². The van der Waals surface area contributed by atoms with Crippen molar-refractivity contribution < 1.29 is 14.3 Å². The number of furan rings is 1. The summed E-state index contributed by atoms with van der Waals surface area (Å²) in [5.74, 6) is 0.827. The third-order valence-corrected chi connectivity index (χ3v) is 3.09. The monoisotopic (exact) mass is 208 g/mol. The molecule has 3 nitrogen and oxygen atoms in total. The normalized spacial score (nSPS) is 24.5. The van der Waals surface area contributed by atoms with Crippen molar-refractivity contribution in [3.8, 4) is 0 Å². The van der Waals surface area contributed by atoms with Gasteiger partial charge in [0.1, 0.15) is 17.4 Å². The first-order valence-electron chi connectivity index (χ1n) is 5.36. The van der Waals surface area contributed by atoms with E-state index in [0.717, 1.165) is 17.7 Å². The summed E-state index contributed by atoms with van der Waals surface area (Å²) in [6, 6.07) is 2.01. The van der Waals surface area contributed by atoms with Crippen molar-refractivity contribution >= 4 is 5.97 Å². The predicted octanol–water partition coefficient (Wildman–Crippen LogP) is 2.76. The number of carboxylic acids is 1. The topological polar surface area (TPSA) is 50.4 Å². The van der Waals surface area contributed by atoms with Crippen molar-refractivity contribution in [2.45, 2.75) is 39.0 Å². The van der Waals surface area contributed by atoms with E-state index in [1.165, 1.54) is 0 Å². The van der Waals surface area contributed by atoms with E-state index < -0.39 is 11.9 Å². The van der Waals surface area contributed by atoms with Crippen LogP contribution in [0, 0.1) is 5.92 Å². The molecule has 2 rings (SSSR count). The molecule has 1 aromatic rings. The number of carboxylic acid groups (broad SMARTS) is 1. The molecule has 0 aliphatic heterocycles. The maximum atomic E-state index is 11.1. The molecule has 1 aromatic heterocycles. The molecule has 0 spiro atoms. The minimum Gasteiger partial charge on any atom is -0.481 e. The van der Waals surface area contributed by atoms with Crippen molar-refractivity contribution in [1.82, 2.24) is 0 Å². The minimum atomic E-state index is -0.772. The molecule has 1 aliphatic carbocycles. The van der Waals surface area contributed by atoms with Crippen molar-refractivity contribution in [3.63, 3.8) is 0 Å². The van der Waals surface area contributed by atoms with Crippen LogP contribution in [-0.4, -0.2) is 11.1 Å². The minimum absolute atomic E-state index is 0.150. The zero-order chi connectivity index (χ0) is 11.2. The quantitative estimate of drug-likeness (QED) is 0.813. The van der Waals surface area contributed by atoms with E-state index in [9.17, 15) is 4.79 Å². The average molecular weight is 208 g/mol. The summed E-state index contributed by atoms with van der Waals surface area (Å²) in [5.41, 5.74) is 1.08. The second kappa shape index (κ2) is 3.40. The first kappa shape index (κ1) is 10.3. The molecule has 0 amide bonds. The van der Waals surface area contributed by atoms with Crippen molar-refractivity contribution in [2.24, 2.45) is 5.92 Å². The summed E-state index contributed by atoms with van der Waals surface area (Å²) in [6.07, 6.45) is 0.822. The van der Waals surface area contributed by atoms with Gasteiger partial charge in [-0.2, -0.15) is 0 Å². The van der Waals surface area contributed by atoms with E-state index in [0.29, 0.717) is 11.7 Å². The highest BCUT2D eigenvalue weighted by atomic mass is 16.4. The van der Waals surface area contributed by atoms with Crippen LogP contribution in [-0.2, 0) is 11.2 Å². The van der Waals surface area contributed by atoms with Gasteiger partial charge in [-0.05, 0) is 24.0 Å². The van der Waals surface area contributed by atoms with Crippen LogP contribution in [0.25, 0.3) is 0 Å².